The Hall–Kier alpha value is -6.12. The summed E-state index contributed by atoms with van der Waals surface area (Å²) >= 11 is 0. The molecule has 48 heavy (non-hydrogen) atoms. The molecular weight excluding hydrogens is 583 g/mol. The SMILES string of the molecule is C1=CCC(c2ccc3c4c(cccc24)-c2cc(-c4ccc(-c5ccc6c(c5)c5ccccc5n6-c5ccccc5)cc4)ccc2O3)C=C1. The minimum atomic E-state index is 0.383. The van der Waals surface area contributed by atoms with Crippen LogP contribution in [0.15, 0.2) is 170 Å². The molecule has 7 aromatic carbocycles. The van der Waals surface area contributed by atoms with Gasteiger partial charge >= 0.3 is 0 Å². The Labute approximate surface area is 279 Å². The maximum absolute atomic E-state index is 6.52. The Kier molecular flexibility index (Phi) is 6.04. The van der Waals surface area contributed by atoms with Crippen molar-refractivity contribution in [3.63, 3.8) is 0 Å². The summed E-state index contributed by atoms with van der Waals surface area (Å²) in [5, 5.41) is 5.02. The first-order valence-electron chi connectivity index (χ1n) is 16.7. The molecule has 2 heteroatoms. The van der Waals surface area contributed by atoms with Crippen molar-refractivity contribution in [2.75, 3.05) is 0 Å². The standard InChI is InChI=1S/C46H31NO/c1-3-10-32(11-4-1)36-24-27-45-46-38(36)15-9-16-39(46)41-29-34(23-26-44(41)48-45)31-20-18-30(19-21-31)33-22-25-43-40(28-33)37-14-7-8-17-42(37)47(43)35-12-5-2-6-13-35/h1-10,12-29,32H,11H2. The van der Waals surface area contributed by atoms with Gasteiger partial charge in [-0.05, 0) is 93.7 Å². The summed E-state index contributed by atoms with van der Waals surface area (Å²) in [6, 6.07) is 52.8. The predicted octanol–water partition coefficient (Wildman–Crippen LogP) is 12.6. The molecule has 1 aliphatic carbocycles. The Balaban J connectivity index is 1.02. The second-order valence-electron chi connectivity index (χ2n) is 12.8. The van der Waals surface area contributed by atoms with Crippen molar-refractivity contribution >= 4 is 32.6 Å². The third kappa shape index (κ3) is 4.19. The zero-order valence-electron chi connectivity index (χ0n) is 26.3. The third-order valence-electron chi connectivity index (χ3n) is 10.1. The van der Waals surface area contributed by atoms with E-state index >= 15 is 0 Å². The van der Waals surface area contributed by atoms with E-state index in [1.165, 1.54) is 71.6 Å². The molecule has 1 atom stereocenters. The number of rotatable bonds is 4. The number of para-hydroxylation sites is 2. The van der Waals surface area contributed by atoms with Crippen LogP contribution in [-0.4, -0.2) is 4.57 Å². The first kappa shape index (κ1) is 27.0. The number of benzene rings is 7. The van der Waals surface area contributed by atoms with Gasteiger partial charge in [0.15, 0.2) is 0 Å². The van der Waals surface area contributed by atoms with Crippen LogP contribution in [0.5, 0.6) is 11.5 Å². The monoisotopic (exact) mass is 613 g/mol. The Morgan fingerprint density at radius 1 is 0.500 bits per heavy atom. The van der Waals surface area contributed by atoms with Crippen LogP contribution in [0.25, 0.3) is 71.6 Å². The first-order valence-corrected chi connectivity index (χ1v) is 16.7. The fourth-order valence-corrected chi connectivity index (χ4v) is 7.83. The summed E-state index contributed by atoms with van der Waals surface area (Å²) in [5.41, 5.74) is 12.1. The number of ether oxygens (including phenoxy) is 1. The topological polar surface area (TPSA) is 14.2 Å². The first-order chi connectivity index (χ1) is 23.8. The number of hydrogen-bond acceptors (Lipinski definition) is 1. The van der Waals surface area contributed by atoms with Crippen LogP contribution in [-0.2, 0) is 0 Å². The largest absolute Gasteiger partial charge is 0.456 e. The van der Waals surface area contributed by atoms with Crippen LogP contribution < -0.4 is 4.74 Å². The molecule has 2 heterocycles. The third-order valence-corrected chi connectivity index (χ3v) is 10.1. The smallest absolute Gasteiger partial charge is 0.135 e. The van der Waals surface area contributed by atoms with Crippen LogP contribution in [0.4, 0.5) is 0 Å². The van der Waals surface area contributed by atoms with Gasteiger partial charge in [0.1, 0.15) is 11.5 Å². The lowest BCUT2D eigenvalue weighted by atomic mass is 9.85. The molecule has 226 valence electrons. The van der Waals surface area contributed by atoms with Gasteiger partial charge in [0.05, 0.1) is 11.0 Å². The van der Waals surface area contributed by atoms with Gasteiger partial charge in [0.2, 0.25) is 0 Å². The Morgan fingerprint density at radius 3 is 2.04 bits per heavy atom. The number of fused-ring (bicyclic) bond motifs is 5. The van der Waals surface area contributed by atoms with Crippen molar-refractivity contribution in [2.24, 2.45) is 0 Å². The molecule has 2 aliphatic rings. The van der Waals surface area contributed by atoms with Crippen LogP contribution in [0, 0.1) is 0 Å². The van der Waals surface area contributed by atoms with Crippen LogP contribution in [0.3, 0.4) is 0 Å². The zero-order chi connectivity index (χ0) is 31.6. The molecule has 0 saturated heterocycles. The molecule has 2 nitrogen and oxygen atoms in total. The second kappa shape index (κ2) is 10.7. The van der Waals surface area contributed by atoms with E-state index < -0.39 is 0 Å². The average Bonchev–Trinajstić information content (AvgIpc) is 3.49. The van der Waals surface area contributed by atoms with E-state index in [1.807, 2.05) is 0 Å². The van der Waals surface area contributed by atoms with E-state index in [0.717, 1.165) is 23.5 Å². The van der Waals surface area contributed by atoms with Crippen molar-refractivity contribution in [3.05, 3.63) is 175 Å². The summed E-state index contributed by atoms with van der Waals surface area (Å²) in [5.74, 6) is 2.23. The lowest BCUT2D eigenvalue weighted by Gasteiger charge is -2.25. The highest BCUT2D eigenvalue weighted by atomic mass is 16.5. The summed E-state index contributed by atoms with van der Waals surface area (Å²) in [6.45, 7) is 0. The van der Waals surface area contributed by atoms with Gasteiger partial charge in [-0.3, -0.25) is 0 Å². The zero-order valence-corrected chi connectivity index (χ0v) is 26.3. The van der Waals surface area contributed by atoms with E-state index in [1.54, 1.807) is 0 Å². The van der Waals surface area contributed by atoms with E-state index in [9.17, 15) is 0 Å². The van der Waals surface area contributed by atoms with Gasteiger partial charge in [0.25, 0.3) is 0 Å². The number of aromatic nitrogens is 1. The van der Waals surface area contributed by atoms with Gasteiger partial charge in [-0.2, -0.15) is 0 Å². The van der Waals surface area contributed by atoms with Crippen LogP contribution >= 0.6 is 0 Å². The molecule has 8 aromatic rings. The van der Waals surface area contributed by atoms with Gasteiger partial charge in [-0.25, -0.2) is 0 Å². The molecule has 0 bridgehead atoms. The van der Waals surface area contributed by atoms with Crippen molar-refractivity contribution in [3.8, 4) is 50.6 Å². The van der Waals surface area contributed by atoms with Crippen molar-refractivity contribution in [2.45, 2.75) is 12.3 Å². The fraction of sp³-hybridized carbons (Fsp3) is 0.0435. The van der Waals surface area contributed by atoms with Gasteiger partial charge < -0.3 is 9.30 Å². The second-order valence-corrected chi connectivity index (χ2v) is 12.8. The van der Waals surface area contributed by atoms with E-state index in [4.69, 9.17) is 4.74 Å². The Bertz CT molecular complexity index is 2600. The highest BCUT2D eigenvalue weighted by molar-refractivity contribution is 6.10. The van der Waals surface area contributed by atoms with Crippen LogP contribution in [0.1, 0.15) is 17.9 Å². The average molecular weight is 614 g/mol. The van der Waals surface area contributed by atoms with Gasteiger partial charge in [-0.1, -0.05) is 121 Å². The molecule has 1 aliphatic heterocycles. The minimum Gasteiger partial charge on any atom is -0.456 e. The van der Waals surface area contributed by atoms with E-state index in [-0.39, 0.29) is 0 Å². The Morgan fingerprint density at radius 2 is 1.21 bits per heavy atom. The van der Waals surface area contributed by atoms with Gasteiger partial charge in [0, 0.05) is 33.3 Å². The summed E-state index contributed by atoms with van der Waals surface area (Å²) in [4.78, 5) is 0. The lowest BCUT2D eigenvalue weighted by molar-refractivity contribution is 0.487. The van der Waals surface area contributed by atoms with Crippen LogP contribution in [0.2, 0.25) is 0 Å². The summed E-state index contributed by atoms with van der Waals surface area (Å²) in [6.07, 6.45) is 9.89. The maximum Gasteiger partial charge on any atom is 0.135 e. The summed E-state index contributed by atoms with van der Waals surface area (Å²) in [7, 11) is 0. The molecule has 0 radical (unpaired) electrons. The molecule has 1 aromatic heterocycles. The molecule has 0 fully saturated rings. The maximum atomic E-state index is 6.52. The quantitative estimate of drug-likeness (QED) is 0.193. The van der Waals surface area contributed by atoms with Crippen molar-refractivity contribution in [1.82, 2.24) is 4.57 Å². The minimum absolute atomic E-state index is 0.383. The molecule has 0 saturated carbocycles. The lowest BCUT2D eigenvalue weighted by Crippen LogP contribution is -2.02. The molecule has 1 unspecified atom stereocenters. The molecule has 10 rings (SSSR count). The van der Waals surface area contributed by atoms with Crippen molar-refractivity contribution < 1.29 is 4.74 Å². The number of nitrogens with zero attached hydrogens (tertiary/aromatic N) is 1. The molecular formula is C46H31NO. The molecule has 0 spiro atoms. The predicted molar refractivity (Wildman–Crippen MR) is 200 cm³/mol. The fourth-order valence-electron chi connectivity index (χ4n) is 7.83. The highest BCUT2D eigenvalue weighted by Crippen LogP contribution is 2.49. The summed E-state index contributed by atoms with van der Waals surface area (Å²) < 4.78 is 8.88. The molecule has 0 amide bonds. The van der Waals surface area contributed by atoms with Crippen molar-refractivity contribution in [1.29, 1.82) is 0 Å². The normalized spacial score (nSPS) is 14.8. The van der Waals surface area contributed by atoms with Gasteiger partial charge in [-0.15, -0.1) is 0 Å². The molecule has 0 N–H and O–H groups in total. The van der Waals surface area contributed by atoms with E-state index in [2.05, 4.69) is 174 Å². The number of hydrogen-bond donors (Lipinski definition) is 0. The van der Waals surface area contributed by atoms with E-state index in [0.29, 0.717) is 5.92 Å². The highest BCUT2D eigenvalue weighted by Gasteiger charge is 2.23. The number of allylic oxidation sites excluding steroid dienone is 4.